The van der Waals surface area contributed by atoms with E-state index in [0.717, 1.165) is 24.4 Å². The molecule has 0 saturated heterocycles. The molecule has 0 bridgehead atoms. The Labute approximate surface area is 103 Å². The normalized spacial score (nSPS) is 11.1. The van der Waals surface area contributed by atoms with Crippen LogP contribution in [0.15, 0.2) is 18.2 Å². The minimum absolute atomic E-state index is 0.266. The first-order valence-corrected chi connectivity index (χ1v) is 6.35. The number of nitrogen functional groups attached to an aromatic ring is 1. The molecule has 0 atom stereocenters. The summed E-state index contributed by atoms with van der Waals surface area (Å²) in [5.41, 5.74) is 6.76. The van der Waals surface area contributed by atoms with Gasteiger partial charge in [-0.05, 0) is 30.5 Å². The van der Waals surface area contributed by atoms with Crippen LogP contribution >= 0.6 is 0 Å². The van der Waals surface area contributed by atoms with E-state index in [0.29, 0.717) is 6.54 Å². The third kappa shape index (κ3) is 5.18. The second-order valence-electron chi connectivity index (χ2n) is 4.88. The van der Waals surface area contributed by atoms with E-state index in [1.807, 2.05) is 6.07 Å². The summed E-state index contributed by atoms with van der Waals surface area (Å²) in [6, 6.07) is 4.95. The number of hydrogen-bond donors (Lipinski definition) is 2. The number of benzene rings is 1. The molecule has 0 aromatic heterocycles. The molecule has 3 N–H and O–H groups in total. The molecule has 0 fully saturated rings. The van der Waals surface area contributed by atoms with Crippen LogP contribution in [-0.4, -0.2) is 6.54 Å². The average molecular weight is 238 g/mol. The van der Waals surface area contributed by atoms with Gasteiger partial charge in [0.15, 0.2) is 0 Å². The van der Waals surface area contributed by atoms with E-state index in [-0.39, 0.29) is 11.5 Å². The number of para-hydroxylation sites is 1. The molecule has 0 aliphatic carbocycles. The van der Waals surface area contributed by atoms with Crippen LogP contribution in [0.25, 0.3) is 0 Å². The fourth-order valence-electron chi connectivity index (χ4n) is 1.76. The molecule has 1 aromatic rings. The Morgan fingerprint density at radius 1 is 1.29 bits per heavy atom. The lowest BCUT2D eigenvalue weighted by Crippen LogP contribution is -2.16. The first-order chi connectivity index (χ1) is 8.11. The molecule has 0 spiro atoms. The molecule has 1 aromatic carbocycles. The largest absolute Gasteiger partial charge is 0.396 e. The fourth-order valence-corrected chi connectivity index (χ4v) is 1.76. The lowest BCUT2D eigenvalue weighted by atomic mass is 10.1. The zero-order valence-corrected chi connectivity index (χ0v) is 10.8. The van der Waals surface area contributed by atoms with Gasteiger partial charge in [0.2, 0.25) is 0 Å². The highest BCUT2D eigenvalue weighted by Crippen LogP contribution is 2.15. The molecule has 0 aliphatic heterocycles. The first kappa shape index (κ1) is 14.0. The van der Waals surface area contributed by atoms with Crippen molar-refractivity contribution in [3.05, 3.63) is 29.6 Å². The van der Waals surface area contributed by atoms with E-state index in [9.17, 15) is 4.39 Å². The van der Waals surface area contributed by atoms with Crippen molar-refractivity contribution in [1.29, 1.82) is 0 Å². The Hall–Kier alpha value is -1.09. The second kappa shape index (κ2) is 7.28. The molecule has 96 valence electrons. The molecular formula is C14H23FN2. The van der Waals surface area contributed by atoms with Crippen LogP contribution in [0.3, 0.4) is 0 Å². The number of nitrogens with two attached hydrogens (primary N) is 1. The molecule has 0 saturated carbocycles. The summed E-state index contributed by atoms with van der Waals surface area (Å²) in [6.45, 7) is 6.08. The van der Waals surface area contributed by atoms with E-state index in [1.165, 1.54) is 18.9 Å². The highest BCUT2D eigenvalue weighted by Gasteiger charge is 2.03. The molecule has 0 amide bonds. The van der Waals surface area contributed by atoms with Crippen molar-refractivity contribution >= 4 is 5.69 Å². The number of anilines is 1. The van der Waals surface area contributed by atoms with Gasteiger partial charge in [-0.15, -0.1) is 0 Å². The van der Waals surface area contributed by atoms with Gasteiger partial charge >= 0.3 is 0 Å². The van der Waals surface area contributed by atoms with E-state index in [4.69, 9.17) is 5.73 Å². The van der Waals surface area contributed by atoms with Gasteiger partial charge in [-0.2, -0.15) is 0 Å². The Morgan fingerprint density at radius 3 is 2.76 bits per heavy atom. The Morgan fingerprint density at radius 2 is 2.06 bits per heavy atom. The van der Waals surface area contributed by atoms with Gasteiger partial charge in [0.25, 0.3) is 0 Å². The zero-order chi connectivity index (χ0) is 12.7. The zero-order valence-electron chi connectivity index (χ0n) is 10.8. The van der Waals surface area contributed by atoms with Gasteiger partial charge in [-0.3, -0.25) is 0 Å². The maximum Gasteiger partial charge on any atom is 0.146 e. The second-order valence-corrected chi connectivity index (χ2v) is 4.88. The highest BCUT2D eigenvalue weighted by molar-refractivity contribution is 5.47. The summed E-state index contributed by atoms with van der Waals surface area (Å²) in [5, 5.41) is 3.30. The van der Waals surface area contributed by atoms with Gasteiger partial charge in [-0.1, -0.05) is 38.8 Å². The standard InChI is InChI=1S/C14H23FN2/c1-11(2)6-3-4-9-17-10-12-7-5-8-13(15)14(12)16/h5,7-8,11,17H,3-4,6,9-10,16H2,1-2H3. The minimum atomic E-state index is -0.330. The van der Waals surface area contributed by atoms with Gasteiger partial charge in [-0.25, -0.2) is 4.39 Å². The van der Waals surface area contributed by atoms with Crippen molar-refractivity contribution in [2.24, 2.45) is 5.92 Å². The van der Waals surface area contributed by atoms with E-state index < -0.39 is 0 Å². The van der Waals surface area contributed by atoms with Crippen molar-refractivity contribution in [2.45, 2.75) is 39.7 Å². The van der Waals surface area contributed by atoms with Crippen LogP contribution in [0.4, 0.5) is 10.1 Å². The topological polar surface area (TPSA) is 38.0 Å². The van der Waals surface area contributed by atoms with Gasteiger partial charge in [0.05, 0.1) is 5.69 Å². The third-order valence-electron chi connectivity index (χ3n) is 2.84. The third-order valence-corrected chi connectivity index (χ3v) is 2.84. The van der Waals surface area contributed by atoms with Crippen LogP contribution < -0.4 is 11.1 Å². The van der Waals surface area contributed by atoms with E-state index in [2.05, 4.69) is 19.2 Å². The van der Waals surface area contributed by atoms with Gasteiger partial charge in [0.1, 0.15) is 5.82 Å². The fraction of sp³-hybridized carbons (Fsp3) is 0.571. The SMILES string of the molecule is CC(C)CCCCNCc1cccc(F)c1N. The van der Waals surface area contributed by atoms with E-state index >= 15 is 0 Å². The Bertz CT molecular complexity index is 337. The summed E-state index contributed by atoms with van der Waals surface area (Å²) in [6.07, 6.45) is 3.67. The van der Waals surface area contributed by atoms with Gasteiger partial charge in [0, 0.05) is 6.54 Å². The van der Waals surface area contributed by atoms with Crippen LogP contribution in [-0.2, 0) is 6.54 Å². The molecule has 0 heterocycles. The van der Waals surface area contributed by atoms with Crippen LogP contribution in [0.2, 0.25) is 0 Å². The van der Waals surface area contributed by atoms with Crippen molar-refractivity contribution in [3.63, 3.8) is 0 Å². The smallest absolute Gasteiger partial charge is 0.146 e. The van der Waals surface area contributed by atoms with Crippen molar-refractivity contribution in [2.75, 3.05) is 12.3 Å². The summed E-state index contributed by atoms with van der Waals surface area (Å²) < 4.78 is 13.1. The summed E-state index contributed by atoms with van der Waals surface area (Å²) >= 11 is 0. The summed E-state index contributed by atoms with van der Waals surface area (Å²) in [5.74, 6) is 0.443. The molecule has 0 unspecified atom stereocenters. The predicted octanol–water partition coefficient (Wildman–Crippen LogP) is 3.32. The average Bonchev–Trinajstić information content (AvgIpc) is 2.28. The number of nitrogens with one attached hydrogen (secondary N) is 1. The minimum Gasteiger partial charge on any atom is -0.396 e. The van der Waals surface area contributed by atoms with Crippen molar-refractivity contribution in [1.82, 2.24) is 5.32 Å². The molecule has 17 heavy (non-hydrogen) atoms. The van der Waals surface area contributed by atoms with E-state index in [1.54, 1.807) is 6.07 Å². The lowest BCUT2D eigenvalue weighted by molar-refractivity contribution is 0.520. The molecule has 0 aliphatic rings. The summed E-state index contributed by atoms with van der Waals surface area (Å²) in [4.78, 5) is 0. The predicted molar refractivity (Wildman–Crippen MR) is 71.2 cm³/mol. The molecule has 1 rings (SSSR count). The molecule has 3 heteroatoms. The molecule has 2 nitrogen and oxygen atoms in total. The Balaban J connectivity index is 2.20. The number of rotatable bonds is 7. The monoisotopic (exact) mass is 238 g/mol. The Kier molecular flexibility index (Phi) is 5.98. The quantitative estimate of drug-likeness (QED) is 0.565. The van der Waals surface area contributed by atoms with Crippen LogP contribution in [0, 0.1) is 11.7 Å². The van der Waals surface area contributed by atoms with Crippen LogP contribution in [0.5, 0.6) is 0 Å². The van der Waals surface area contributed by atoms with Gasteiger partial charge < -0.3 is 11.1 Å². The number of hydrogen-bond acceptors (Lipinski definition) is 2. The molecule has 0 radical (unpaired) electrons. The van der Waals surface area contributed by atoms with Crippen molar-refractivity contribution < 1.29 is 4.39 Å². The number of unbranched alkanes of at least 4 members (excludes halogenated alkanes) is 1. The maximum atomic E-state index is 13.1. The maximum absolute atomic E-state index is 13.1. The van der Waals surface area contributed by atoms with Crippen LogP contribution in [0.1, 0.15) is 38.7 Å². The number of halogens is 1. The van der Waals surface area contributed by atoms with Crippen molar-refractivity contribution in [3.8, 4) is 0 Å². The summed E-state index contributed by atoms with van der Waals surface area (Å²) in [7, 11) is 0. The first-order valence-electron chi connectivity index (χ1n) is 6.35. The lowest BCUT2D eigenvalue weighted by Gasteiger charge is -2.08. The highest BCUT2D eigenvalue weighted by atomic mass is 19.1. The molecular weight excluding hydrogens is 215 g/mol.